The number of amides is 1. The summed E-state index contributed by atoms with van der Waals surface area (Å²) in [6.45, 7) is 3.27. The van der Waals surface area contributed by atoms with Gasteiger partial charge in [0.05, 0.1) is 6.61 Å². The van der Waals surface area contributed by atoms with Gasteiger partial charge in [-0.05, 0) is 13.8 Å². The van der Waals surface area contributed by atoms with Crippen LogP contribution in [0.25, 0.3) is 5.76 Å². The van der Waals surface area contributed by atoms with E-state index in [0.29, 0.717) is 11.6 Å². The number of carbonyl (C=O) groups is 3. The summed E-state index contributed by atoms with van der Waals surface area (Å²) in [5.74, 6) is -5.29. The Hall–Kier alpha value is -3.09. The highest BCUT2D eigenvalue weighted by Gasteiger charge is 2.26. The quantitative estimate of drug-likeness (QED) is 0.239. The summed E-state index contributed by atoms with van der Waals surface area (Å²) in [5, 5.41) is 19.6. The number of ether oxygens (including phenoxy) is 1. The van der Waals surface area contributed by atoms with Crippen molar-refractivity contribution in [1.29, 1.82) is 0 Å². The predicted molar refractivity (Wildman–Crippen MR) is 82.3 cm³/mol. The van der Waals surface area contributed by atoms with E-state index in [1.165, 1.54) is 6.92 Å². The summed E-state index contributed by atoms with van der Waals surface area (Å²) in [7, 11) is 0. The number of ketones is 1. The highest BCUT2D eigenvalue weighted by molar-refractivity contribution is 6.22. The number of benzene rings is 1. The fraction of sp³-hybridized carbons (Fsp3) is 0.188. The van der Waals surface area contributed by atoms with Crippen LogP contribution in [-0.2, 0) is 19.1 Å². The van der Waals surface area contributed by atoms with E-state index in [1.54, 1.807) is 24.3 Å². The van der Waals surface area contributed by atoms with E-state index < -0.39 is 34.8 Å². The number of aliphatic hydroxyl groups excluding tert-OH is 2. The van der Waals surface area contributed by atoms with Crippen LogP contribution in [0.4, 0.5) is 0 Å². The van der Waals surface area contributed by atoms with Crippen molar-refractivity contribution in [2.75, 3.05) is 6.61 Å². The molecule has 0 heterocycles. The smallest absolute Gasteiger partial charge is 0.347 e. The van der Waals surface area contributed by atoms with Crippen LogP contribution >= 0.6 is 0 Å². The summed E-state index contributed by atoms with van der Waals surface area (Å²) < 4.78 is 4.55. The topological polar surface area (TPSA) is 127 Å². The Labute approximate surface area is 132 Å². The number of aliphatic hydroxyl groups is 2. The van der Waals surface area contributed by atoms with Crippen LogP contribution in [0.5, 0.6) is 0 Å². The predicted octanol–water partition coefficient (Wildman–Crippen LogP) is 1.32. The van der Waals surface area contributed by atoms with Gasteiger partial charge in [0, 0.05) is 11.6 Å². The van der Waals surface area contributed by atoms with Gasteiger partial charge in [0.15, 0.2) is 11.3 Å². The van der Waals surface area contributed by atoms with Crippen LogP contribution in [0.1, 0.15) is 18.1 Å². The summed E-state index contributed by atoms with van der Waals surface area (Å²) >= 11 is 0. The standard InChI is InChI=1S/C16H17NO6/c1-3-23-16(22)13(15(17)21)14(20)12(19)8-11(18)10-6-4-9(2)5-7-10/h4-8,18,20H,3H2,1-2H3,(H2,17,21)/b11-8?,14-13-. The molecule has 0 bridgehead atoms. The molecule has 1 aromatic carbocycles. The summed E-state index contributed by atoms with van der Waals surface area (Å²) in [4.78, 5) is 34.7. The van der Waals surface area contributed by atoms with E-state index in [2.05, 4.69) is 4.74 Å². The van der Waals surface area contributed by atoms with Crippen molar-refractivity contribution in [3.8, 4) is 0 Å². The first-order valence-electron chi connectivity index (χ1n) is 6.70. The first-order valence-corrected chi connectivity index (χ1v) is 6.70. The largest absolute Gasteiger partial charge is 0.507 e. The number of allylic oxidation sites excluding steroid dienone is 1. The van der Waals surface area contributed by atoms with E-state index in [-0.39, 0.29) is 6.61 Å². The lowest BCUT2D eigenvalue weighted by atomic mass is 10.1. The Bertz CT molecular complexity index is 685. The van der Waals surface area contributed by atoms with Crippen molar-refractivity contribution in [3.63, 3.8) is 0 Å². The zero-order valence-corrected chi connectivity index (χ0v) is 12.7. The highest BCUT2D eigenvalue weighted by atomic mass is 16.5. The first-order chi connectivity index (χ1) is 10.8. The molecule has 1 rings (SSSR count). The number of rotatable bonds is 6. The molecule has 0 radical (unpaired) electrons. The molecule has 0 aliphatic carbocycles. The third-order valence-corrected chi connectivity index (χ3v) is 2.81. The second kappa shape index (κ2) is 7.79. The van der Waals surface area contributed by atoms with Gasteiger partial charge in [0.2, 0.25) is 5.78 Å². The van der Waals surface area contributed by atoms with Gasteiger partial charge in [-0.3, -0.25) is 9.59 Å². The van der Waals surface area contributed by atoms with Gasteiger partial charge < -0.3 is 20.7 Å². The molecule has 0 saturated heterocycles. The van der Waals surface area contributed by atoms with Crippen LogP contribution in [0.2, 0.25) is 0 Å². The number of aryl methyl sites for hydroxylation is 1. The van der Waals surface area contributed by atoms with Gasteiger partial charge in [-0.1, -0.05) is 29.8 Å². The lowest BCUT2D eigenvalue weighted by molar-refractivity contribution is -0.140. The second-order valence-corrected chi connectivity index (χ2v) is 4.57. The van der Waals surface area contributed by atoms with Gasteiger partial charge in [-0.2, -0.15) is 0 Å². The minimum Gasteiger partial charge on any atom is -0.507 e. The average Bonchev–Trinajstić information content (AvgIpc) is 2.47. The van der Waals surface area contributed by atoms with Crippen LogP contribution < -0.4 is 5.73 Å². The Balaban J connectivity index is 3.16. The molecule has 7 nitrogen and oxygen atoms in total. The molecule has 1 aromatic rings. The van der Waals surface area contributed by atoms with Crippen LogP contribution in [0, 0.1) is 6.92 Å². The molecule has 1 amide bonds. The molecule has 0 fully saturated rings. The average molecular weight is 319 g/mol. The summed E-state index contributed by atoms with van der Waals surface area (Å²) in [6, 6.07) is 6.56. The van der Waals surface area contributed by atoms with E-state index >= 15 is 0 Å². The molecule has 0 spiro atoms. The number of hydrogen-bond acceptors (Lipinski definition) is 6. The number of carbonyl (C=O) groups excluding carboxylic acids is 3. The molecule has 0 unspecified atom stereocenters. The number of primary amides is 1. The van der Waals surface area contributed by atoms with Gasteiger partial charge in [0.1, 0.15) is 5.76 Å². The monoisotopic (exact) mass is 319 g/mol. The minimum atomic E-state index is -1.31. The summed E-state index contributed by atoms with van der Waals surface area (Å²) in [6.07, 6.45) is 0.683. The maximum Gasteiger partial charge on any atom is 0.347 e. The van der Waals surface area contributed by atoms with Gasteiger partial charge in [0.25, 0.3) is 5.91 Å². The lowest BCUT2D eigenvalue weighted by Gasteiger charge is -2.05. The van der Waals surface area contributed by atoms with Crippen molar-refractivity contribution in [2.24, 2.45) is 5.73 Å². The van der Waals surface area contributed by atoms with Gasteiger partial charge in [-0.25, -0.2) is 4.79 Å². The zero-order valence-electron chi connectivity index (χ0n) is 12.7. The highest BCUT2D eigenvalue weighted by Crippen LogP contribution is 2.14. The van der Waals surface area contributed by atoms with Gasteiger partial charge >= 0.3 is 5.97 Å². The minimum absolute atomic E-state index is 0.0679. The molecule has 7 heteroatoms. The number of hydrogen-bond donors (Lipinski definition) is 3. The van der Waals surface area contributed by atoms with E-state index in [4.69, 9.17) is 5.73 Å². The van der Waals surface area contributed by atoms with Crippen molar-refractivity contribution in [3.05, 3.63) is 52.8 Å². The number of nitrogens with two attached hydrogens (primary N) is 1. The fourth-order valence-corrected chi connectivity index (χ4v) is 1.64. The molecule has 0 aliphatic rings. The second-order valence-electron chi connectivity index (χ2n) is 4.57. The van der Waals surface area contributed by atoms with Crippen molar-refractivity contribution < 1.29 is 29.3 Å². The zero-order chi connectivity index (χ0) is 17.6. The Kier molecular flexibility index (Phi) is 6.08. The van der Waals surface area contributed by atoms with E-state index in [1.807, 2.05) is 6.92 Å². The molecule has 122 valence electrons. The van der Waals surface area contributed by atoms with Crippen molar-refractivity contribution in [1.82, 2.24) is 0 Å². The fourth-order valence-electron chi connectivity index (χ4n) is 1.64. The molecule has 0 aromatic heterocycles. The molecule has 0 saturated carbocycles. The molecule has 4 N–H and O–H groups in total. The third kappa shape index (κ3) is 4.70. The third-order valence-electron chi connectivity index (χ3n) is 2.81. The lowest BCUT2D eigenvalue weighted by Crippen LogP contribution is -2.26. The first kappa shape index (κ1) is 18.0. The molecule has 0 atom stereocenters. The SMILES string of the molecule is CCOC(=O)/C(C(N)=O)=C(\O)C(=O)C=C(O)c1ccc(C)cc1. The van der Waals surface area contributed by atoms with Crippen LogP contribution in [0.3, 0.4) is 0 Å². The van der Waals surface area contributed by atoms with Crippen molar-refractivity contribution >= 4 is 23.4 Å². The Morgan fingerprint density at radius 3 is 2.22 bits per heavy atom. The number of esters is 1. The summed E-state index contributed by atoms with van der Waals surface area (Å²) in [5.41, 5.74) is 5.28. The van der Waals surface area contributed by atoms with Crippen molar-refractivity contribution in [2.45, 2.75) is 13.8 Å². The van der Waals surface area contributed by atoms with E-state index in [9.17, 15) is 24.6 Å². The van der Waals surface area contributed by atoms with E-state index in [0.717, 1.165) is 5.56 Å². The normalized spacial score (nSPS) is 12.3. The maximum absolute atomic E-state index is 11.9. The Morgan fingerprint density at radius 2 is 1.74 bits per heavy atom. The van der Waals surface area contributed by atoms with Gasteiger partial charge in [-0.15, -0.1) is 0 Å². The van der Waals surface area contributed by atoms with Crippen LogP contribution in [0.15, 0.2) is 41.7 Å². The molecule has 23 heavy (non-hydrogen) atoms. The molecular formula is C16H17NO6. The maximum atomic E-state index is 11.9. The Morgan fingerprint density at radius 1 is 1.17 bits per heavy atom. The molecule has 0 aliphatic heterocycles. The van der Waals surface area contributed by atoms with Crippen LogP contribution in [-0.4, -0.2) is 34.5 Å². The molecular weight excluding hydrogens is 302 g/mol.